The van der Waals surface area contributed by atoms with Crippen LogP contribution in [0.1, 0.15) is 28.4 Å². The number of nitrogens with zero attached hydrogens (tertiary/aromatic N) is 1. The first-order chi connectivity index (χ1) is 12.4. The van der Waals surface area contributed by atoms with Gasteiger partial charge < -0.3 is 10.3 Å². The van der Waals surface area contributed by atoms with Crippen molar-refractivity contribution in [3.05, 3.63) is 79.6 Å². The number of carbonyl (C=O) groups is 1. The number of hydrogen-bond donors (Lipinski definition) is 2. The number of fused-ring (bicyclic) bond motifs is 1. The number of nitrogens with one attached hydrogen (secondary N) is 2. The van der Waals surface area contributed by atoms with Crippen molar-refractivity contribution >= 4 is 28.2 Å². The smallest absolute Gasteiger partial charge is 0.282 e. The quantitative estimate of drug-likeness (QED) is 0.554. The fourth-order valence-corrected chi connectivity index (χ4v) is 3.03. The predicted molar refractivity (Wildman–Crippen MR) is 99.7 cm³/mol. The maximum absolute atomic E-state index is 12.4. The van der Waals surface area contributed by atoms with Crippen LogP contribution < -0.4 is 10.9 Å². The van der Waals surface area contributed by atoms with Crippen LogP contribution in [0.3, 0.4) is 0 Å². The van der Waals surface area contributed by atoms with Crippen LogP contribution in [0, 0.1) is 17.0 Å². The van der Waals surface area contributed by atoms with Gasteiger partial charge in [0, 0.05) is 22.7 Å². The van der Waals surface area contributed by atoms with Gasteiger partial charge >= 0.3 is 0 Å². The molecular formula is C19H17N3O4. The summed E-state index contributed by atoms with van der Waals surface area (Å²) in [6, 6.07) is 10.9. The van der Waals surface area contributed by atoms with Gasteiger partial charge in [-0.2, -0.15) is 0 Å². The summed E-state index contributed by atoms with van der Waals surface area (Å²) in [6.45, 7) is 3.81. The molecule has 0 unspecified atom stereocenters. The number of carbonyl (C=O) groups excluding carboxylic acids is 1. The lowest BCUT2D eigenvalue weighted by Gasteiger charge is -2.10. The summed E-state index contributed by atoms with van der Waals surface area (Å²) in [4.78, 5) is 37.9. The fourth-order valence-electron chi connectivity index (χ4n) is 3.03. The minimum absolute atomic E-state index is 0.0244. The molecule has 0 radical (unpaired) electrons. The van der Waals surface area contributed by atoms with Crippen molar-refractivity contribution < 1.29 is 9.72 Å². The standard InChI is InChI=1S/C19H17N3O4/c1-3-13-11(2)14-9-8-12(10-16(14)21-18(13)23)20-19(24)15-6-4-5-7-17(15)22(25)26/h4-10H,3H2,1-2H3,(H,20,24)(H,21,23). The van der Waals surface area contributed by atoms with Crippen molar-refractivity contribution in [1.82, 2.24) is 4.98 Å². The van der Waals surface area contributed by atoms with Gasteiger partial charge in [0.05, 0.1) is 10.4 Å². The van der Waals surface area contributed by atoms with Crippen molar-refractivity contribution in [2.24, 2.45) is 0 Å². The average molecular weight is 351 g/mol. The van der Waals surface area contributed by atoms with E-state index in [-0.39, 0.29) is 16.8 Å². The topological polar surface area (TPSA) is 105 Å². The molecule has 0 aliphatic carbocycles. The van der Waals surface area contributed by atoms with E-state index in [1.54, 1.807) is 18.2 Å². The molecule has 1 amide bonds. The molecule has 132 valence electrons. The number of aromatic amines is 1. The zero-order chi connectivity index (χ0) is 18.8. The summed E-state index contributed by atoms with van der Waals surface area (Å²) in [5.41, 5.74) is 2.24. The number of H-pyrrole nitrogens is 1. The van der Waals surface area contributed by atoms with Gasteiger partial charge in [-0.15, -0.1) is 0 Å². The molecule has 0 fully saturated rings. The Bertz CT molecular complexity index is 1090. The third-order valence-electron chi connectivity index (χ3n) is 4.36. The maximum Gasteiger partial charge on any atom is 0.282 e. The number of aryl methyl sites for hydroxylation is 1. The van der Waals surface area contributed by atoms with E-state index in [4.69, 9.17) is 0 Å². The monoisotopic (exact) mass is 351 g/mol. The molecule has 7 heteroatoms. The molecule has 3 aromatic rings. The second-order valence-corrected chi connectivity index (χ2v) is 5.90. The Morgan fingerprint density at radius 3 is 2.65 bits per heavy atom. The van der Waals surface area contributed by atoms with E-state index < -0.39 is 10.8 Å². The number of rotatable bonds is 4. The van der Waals surface area contributed by atoms with Gasteiger partial charge in [0.1, 0.15) is 5.56 Å². The highest BCUT2D eigenvalue weighted by Crippen LogP contribution is 2.23. The Morgan fingerprint density at radius 1 is 1.23 bits per heavy atom. The van der Waals surface area contributed by atoms with Gasteiger partial charge in [-0.1, -0.05) is 25.1 Å². The van der Waals surface area contributed by atoms with E-state index in [1.807, 2.05) is 19.9 Å². The van der Waals surface area contributed by atoms with Crippen LogP contribution >= 0.6 is 0 Å². The highest BCUT2D eigenvalue weighted by atomic mass is 16.6. The summed E-state index contributed by atoms with van der Waals surface area (Å²) in [6.07, 6.45) is 0.632. The maximum atomic E-state index is 12.4. The van der Waals surface area contributed by atoms with Crippen molar-refractivity contribution in [1.29, 1.82) is 0 Å². The Hall–Kier alpha value is -3.48. The lowest BCUT2D eigenvalue weighted by atomic mass is 10.0. The van der Waals surface area contributed by atoms with Crippen molar-refractivity contribution in [3.8, 4) is 0 Å². The molecule has 7 nitrogen and oxygen atoms in total. The number of amides is 1. The molecule has 0 aliphatic rings. The summed E-state index contributed by atoms with van der Waals surface area (Å²) in [5, 5.41) is 14.6. The van der Waals surface area contributed by atoms with Crippen LogP contribution in [0.2, 0.25) is 0 Å². The average Bonchev–Trinajstić information content (AvgIpc) is 2.61. The van der Waals surface area contributed by atoms with Gasteiger partial charge in [0.15, 0.2) is 0 Å². The summed E-state index contributed by atoms with van der Waals surface area (Å²) in [5.74, 6) is -0.583. The van der Waals surface area contributed by atoms with Crippen LogP contribution in [0.5, 0.6) is 0 Å². The van der Waals surface area contributed by atoms with Crippen LogP contribution in [-0.4, -0.2) is 15.8 Å². The third-order valence-corrected chi connectivity index (χ3v) is 4.36. The number of para-hydroxylation sites is 1. The minimum atomic E-state index is -0.595. The van der Waals surface area contributed by atoms with E-state index in [9.17, 15) is 19.7 Å². The molecule has 3 rings (SSSR count). The Morgan fingerprint density at radius 2 is 1.96 bits per heavy atom. The molecule has 0 saturated heterocycles. The van der Waals surface area contributed by atoms with Gasteiger partial charge in [0.25, 0.3) is 17.2 Å². The second kappa shape index (κ2) is 6.79. The molecule has 2 N–H and O–H groups in total. The van der Waals surface area contributed by atoms with Crippen molar-refractivity contribution in [3.63, 3.8) is 0 Å². The van der Waals surface area contributed by atoms with Crippen LogP contribution in [0.4, 0.5) is 11.4 Å². The molecule has 0 spiro atoms. The predicted octanol–water partition coefficient (Wildman–Crippen LogP) is 3.56. The van der Waals surface area contributed by atoms with Crippen molar-refractivity contribution in [2.75, 3.05) is 5.32 Å². The van der Waals surface area contributed by atoms with Gasteiger partial charge in [-0.05, 0) is 37.1 Å². The third kappa shape index (κ3) is 3.06. The zero-order valence-electron chi connectivity index (χ0n) is 14.3. The van der Waals surface area contributed by atoms with Gasteiger partial charge in [0.2, 0.25) is 0 Å². The molecule has 0 saturated carbocycles. The van der Waals surface area contributed by atoms with Gasteiger partial charge in [-0.3, -0.25) is 19.7 Å². The summed E-state index contributed by atoms with van der Waals surface area (Å²) in [7, 11) is 0. The number of nitro benzene ring substituents is 1. The van der Waals surface area contributed by atoms with Crippen LogP contribution in [0.25, 0.3) is 10.9 Å². The number of nitro groups is 1. The molecule has 1 aromatic heterocycles. The molecular weight excluding hydrogens is 334 g/mol. The Kier molecular flexibility index (Phi) is 4.53. The Balaban J connectivity index is 1.99. The van der Waals surface area contributed by atoms with E-state index in [1.165, 1.54) is 18.2 Å². The SMILES string of the molecule is CCc1c(C)c2ccc(NC(=O)c3ccccc3[N+](=O)[O-])cc2[nH]c1=O. The largest absolute Gasteiger partial charge is 0.322 e. The van der Waals surface area contributed by atoms with Crippen LogP contribution in [-0.2, 0) is 6.42 Å². The molecule has 0 bridgehead atoms. The number of anilines is 1. The van der Waals surface area contributed by atoms with E-state index in [2.05, 4.69) is 10.3 Å². The highest BCUT2D eigenvalue weighted by molar-refractivity contribution is 6.07. The number of benzene rings is 2. The first kappa shape index (κ1) is 17.3. The molecule has 2 aromatic carbocycles. The summed E-state index contributed by atoms with van der Waals surface area (Å²) >= 11 is 0. The van der Waals surface area contributed by atoms with Crippen molar-refractivity contribution in [2.45, 2.75) is 20.3 Å². The molecule has 1 heterocycles. The lowest BCUT2D eigenvalue weighted by molar-refractivity contribution is -0.385. The van der Waals surface area contributed by atoms with E-state index >= 15 is 0 Å². The first-order valence-corrected chi connectivity index (χ1v) is 8.12. The van der Waals surface area contributed by atoms with Gasteiger partial charge in [-0.25, -0.2) is 0 Å². The van der Waals surface area contributed by atoms with E-state index in [0.29, 0.717) is 17.6 Å². The number of aromatic nitrogens is 1. The molecule has 26 heavy (non-hydrogen) atoms. The fraction of sp³-hybridized carbons (Fsp3) is 0.158. The zero-order valence-corrected chi connectivity index (χ0v) is 14.3. The Labute approximate surface area is 148 Å². The normalized spacial score (nSPS) is 10.7. The number of hydrogen-bond acceptors (Lipinski definition) is 4. The lowest BCUT2D eigenvalue weighted by Crippen LogP contribution is -2.15. The second-order valence-electron chi connectivity index (χ2n) is 5.90. The van der Waals surface area contributed by atoms with Crippen LogP contribution in [0.15, 0.2) is 47.3 Å². The summed E-state index contributed by atoms with van der Waals surface area (Å²) < 4.78 is 0. The minimum Gasteiger partial charge on any atom is -0.322 e. The highest BCUT2D eigenvalue weighted by Gasteiger charge is 2.19. The van der Waals surface area contributed by atoms with E-state index in [0.717, 1.165) is 16.5 Å². The molecule has 0 atom stereocenters. The number of pyridine rings is 1. The molecule has 0 aliphatic heterocycles. The first-order valence-electron chi connectivity index (χ1n) is 8.12.